The first kappa shape index (κ1) is 21.2. The average Bonchev–Trinajstić information content (AvgIpc) is 2.45. The van der Waals surface area contributed by atoms with Crippen LogP contribution in [0.3, 0.4) is 0 Å². The third kappa shape index (κ3) is 11.8. The molecule has 2 atom stereocenters. The van der Waals surface area contributed by atoms with Gasteiger partial charge in [0.05, 0.1) is 7.11 Å². The van der Waals surface area contributed by atoms with Crippen LogP contribution in [-0.4, -0.2) is 13.1 Å². The van der Waals surface area contributed by atoms with E-state index < -0.39 is 0 Å². The van der Waals surface area contributed by atoms with Crippen LogP contribution < -0.4 is 0 Å². The van der Waals surface area contributed by atoms with E-state index in [1.165, 1.54) is 45.6 Å². The lowest BCUT2D eigenvalue weighted by Gasteiger charge is -2.14. The Balaban J connectivity index is 3.68. The van der Waals surface area contributed by atoms with Crippen molar-refractivity contribution in [2.24, 2.45) is 17.8 Å². The molecule has 0 spiro atoms. The Morgan fingerprint density at radius 3 is 1.91 bits per heavy atom. The van der Waals surface area contributed by atoms with E-state index in [9.17, 15) is 4.79 Å². The summed E-state index contributed by atoms with van der Waals surface area (Å²) in [6, 6.07) is 0. The first-order valence-electron chi connectivity index (χ1n) is 9.11. The number of methoxy groups -OCH3 is 1. The molecule has 0 aromatic heterocycles. The number of allylic oxidation sites excluding steroid dienone is 1. The predicted molar refractivity (Wildman–Crippen MR) is 95.9 cm³/mol. The van der Waals surface area contributed by atoms with Crippen molar-refractivity contribution < 1.29 is 9.53 Å². The number of hydrogen-bond donors (Lipinski definition) is 0. The summed E-state index contributed by atoms with van der Waals surface area (Å²) in [5.74, 6) is 2.24. The largest absolute Gasteiger partial charge is 0.466 e. The SMILES string of the molecule is COC(=O)C(C)=CCCC(C)CCCC(C)CCCC(C)C. The van der Waals surface area contributed by atoms with E-state index >= 15 is 0 Å². The van der Waals surface area contributed by atoms with Crippen molar-refractivity contribution in [2.45, 2.75) is 86.0 Å². The lowest BCUT2D eigenvalue weighted by atomic mass is 9.92. The molecule has 0 amide bonds. The quantitative estimate of drug-likeness (QED) is 0.319. The monoisotopic (exact) mass is 310 g/mol. The van der Waals surface area contributed by atoms with E-state index in [0.29, 0.717) is 0 Å². The molecule has 2 unspecified atom stereocenters. The lowest BCUT2D eigenvalue weighted by molar-refractivity contribution is -0.136. The number of carbonyl (C=O) groups excluding carboxylic acids is 1. The maximum atomic E-state index is 11.3. The molecule has 0 rings (SSSR count). The zero-order chi connectivity index (χ0) is 17.0. The van der Waals surface area contributed by atoms with Crippen LogP contribution >= 0.6 is 0 Å². The fourth-order valence-corrected chi connectivity index (χ4v) is 2.81. The molecule has 0 saturated carbocycles. The Morgan fingerprint density at radius 1 is 0.909 bits per heavy atom. The maximum absolute atomic E-state index is 11.3. The fraction of sp³-hybridized carbons (Fsp3) is 0.850. The van der Waals surface area contributed by atoms with Crippen LogP contribution in [0.4, 0.5) is 0 Å². The molecule has 130 valence electrons. The first-order chi connectivity index (χ1) is 10.4. The minimum absolute atomic E-state index is 0.206. The molecule has 0 N–H and O–H groups in total. The van der Waals surface area contributed by atoms with Crippen molar-refractivity contribution in [3.63, 3.8) is 0 Å². The summed E-state index contributed by atoms with van der Waals surface area (Å²) in [6.07, 6.45) is 12.3. The molecule has 22 heavy (non-hydrogen) atoms. The van der Waals surface area contributed by atoms with Gasteiger partial charge in [-0.1, -0.05) is 72.3 Å². The molecular formula is C20H38O2. The van der Waals surface area contributed by atoms with Gasteiger partial charge < -0.3 is 4.74 Å². The van der Waals surface area contributed by atoms with Crippen molar-refractivity contribution in [2.75, 3.05) is 7.11 Å². The van der Waals surface area contributed by atoms with Crippen LogP contribution in [0.5, 0.6) is 0 Å². The van der Waals surface area contributed by atoms with Gasteiger partial charge in [-0.2, -0.15) is 0 Å². The normalized spacial score (nSPS) is 15.0. The van der Waals surface area contributed by atoms with Crippen LogP contribution in [0.15, 0.2) is 11.6 Å². The van der Waals surface area contributed by atoms with Crippen molar-refractivity contribution >= 4 is 5.97 Å². The van der Waals surface area contributed by atoms with Gasteiger partial charge in [-0.05, 0) is 37.5 Å². The van der Waals surface area contributed by atoms with E-state index in [2.05, 4.69) is 27.7 Å². The van der Waals surface area contributed by atoms with Gasteiger partial charge in [0.15, 0.2) is 0 Å². The summed E-state index contributed by atoms with van der Waals surface area (Å²) in [6.45, 7) is 11.2. The van der Waals surface area contributed by atoms with Gasteiger partial charge in [-0.25, -0.2) is 4.79 Å². The number of ether oxygens (including phenoxy) is 1. The van der Waals surface area contributed by atoms with Gasteiger partial charge in [0.2, 0.25) is 0 Å². The highest BCUT2D eigenvalue weighted by Gasteiger charge is 2.07. The van der Waals surface area contributed by atoms with Crippen LogP contribution in [-0.2, 0) is 9.53 Å². The van der Waals surface area contributed by atoms with E-state index in [-0.39, 0.29) is 5.97 Å². The van der Waals surface area contributed by atoms with Crippen molar-refractivity contribution in [3.8, 4) is 0 Å². The molecule has 0 aliphatic carbocycles. The third-order valence-electron chi connectivity index (χ3n) is 4.49. The highest BCUT2D eigenvalue weighted by Crippen LogP contribution is 2.21. The smallest absolute Gasteiger partial charge is 0.333 e. The number of esters is 1. The number of rotatable bonds is 12. The second kappa shape index (κ2) is 12.7. The summed E-state index contributed by atoms with van der Waals surface area (Å²) in [7, 11) is 1.44. The Kier molecular flexibility index (Phi) is 12.3. The molecule has 0 fully saturated rings. The summed E-state index contributed by atoms with van der Waals surface area (Å²) < 4.78 is 4.70. The Labute approximate surface area is 138 Å². The van der Waals surface area contributed by atoms with Crippen LogP contribution in [0.25, 0.3) is 0 Å². The summed E-state index contributed by atoms with van der Waals surface area (Å²) in [5.41, 5.74) is 0.730. The fourth-order valence-electron chi connectivity index (χ4n) is 2.81. The Bertz CT molecular complexity index is 318. The molecule has 0 aromatic carbocycles. The van der Waals surface area contributed by atoms with Gasteiger partial charge in [-0.15, -0.1) is 0 Å². The lowest BCUT2D eigenvalue weighted by Crippen LogP contribution is -2.02. The van der Waals surface area contributed by atoms with Crippen LogP contribution in [0.2, 0.25) is 0 Å². The standard InChI is InChI=1S/C20H38O2/c1-16(2)10-7-11-17(3)12-8-13-18(4)14-9-15-19(5)20(21)22-6/h15-18H,7-14H2,1-6H3. The average molecular weight is 311 g/mol. The minimum Gasteiger partial charge on any atom is -0.466 e. The highest BCUT2D eigenvalue weighted by molar-refractivity contribution is 5.87. The summed E-state index contributed by atoms with van der Waals surface area (Å²) in [5, 5.41) is 0. The predicted octanol–water partition coefficient (Wildman–Crippen LogP) is 6.15. The highest BCUT2D eigenvalue weighted by atomic mass is 16.5. The molecule has 0 saturated heterocycles. The molecule has 2 nitrogen and oxygen atoms in total. The second-order valence-corrected chi connectivity index (χ2v) is 7.42. The van der Waals surface area contributed by atoms with Gasteiger partial charge in [0.1, 0.15) is 0 Å². The number of carbonyl (C=O) groups is 1. The molecule has 0 aliphatic heterocycles. The van der Waals surface area contributed by atoms with Gasteiger partial charge in [0, 0.05) is 5.57 Å². The molecule has 0 aromatic rings. The van der Waals surface area contributed by atoms with E-state index in [1.54, 1.807) is 0 Å². The Hall–Kier alpha value is -0.790. The minimum atomic E-state index is -0.206. The first-order valence-corrected chi connectivity index (χ1v) is 9.11. The number of hydrogen-bond acceptors (Lipinski definition) is 2. The molecule has 0 heterocycles. The molecular weight excluding hydrogens is 272 g/mol. The zero-order valence-electron chi connectivity index (χ0n) is 15.8. The molecule has 0 radical (unpaired) electrons. The van der Waals surface area contributed by atoms with Gasteiger partial charge in [0.25, 0.3) is 0 Å². The molecule has 2 heteroatoms. The second-order valence-electron chi connectivity index (χ2n) is 7.42. The zero-order valence-corrected chi connectivity index (χ0v) is 15.8. The van der Waals surface area contributed by atoms with Crippen molar-refractivity contribution in [3.05, 3.63) is 11.6 Å². The topological polar surface area (TPSA) is 26.3 Å². The molecule has 0 aliphatic rings. The van der Waals surface area contributed by atoms with E-state index in [4.69, 9.17) is 4.74 Å². The van der Waals surface area contributed by atoms with Gasteiger partial charge in [-0.3, -0.25) is 0 Å². The van der Waals surface area contributed by atoms with E-state index in [0.717, 1.165) is 36.2 Å². The Morgan fingerprint density at radius 2 is 1.41 bits per heavy atom. The van der Waals surface area contributed by atoms with Crippen LogP contribution in [0.1, 0.15) is 86.0 Å². The van der Waals surface area contributed by atoms with Crippen LogP contribution in [0, 0.1) is 17.8 Å². The van der Waals surface area contributed by atoms with Crippen molar-refractivity contribution in [1.29, 1.82) is 0 Å². The molecule has 0 bridgehead atoms. The van der Waals surface area contributed by atoms with E-state index in [1.807, 2.05) is 13.0 Å². The summed E-state index contributed by atoms with van der Waals surface area (Å²) >= 11 is 0. The van der Waals surface area contributed by atoms with Gasteiger partial charge >= 0.3 is 5.97 Å². The summed E-state index contributed by atoms with van der Waals surface area (Å²) in [4.78, 5) is 11.3. The van der Waals surface area contributed by atoms with Crippen molar-refractivity contribution in [1.82, 2.24) is 0 Å². The third-order valence-corrected chi connectivity index (χ3v) is 4.49. The maximum Gasteiger partial charge on any atom is 0.333 e.